The first-order valence-electron chi connectivity index (χ1n) is 4.90. The van der Waals surface area contributed by atoms with Crippen molar-refractivity contribution in [1.82, 2.24) is 10.2 Å². The molecular formula is C9H7N5O2SSe. The Morgan fingerprint density at radius 1 is 1.22 bits per heavy atom. The Balaban J connectivity index is 2.00. The summed E-state index contributed by atoms with van der Waals surface area (Å²) in [5.41, 5.74) is 1.76. The van der Waals surface area contributed by atoms with Gasteiger partial charge in [-0.15, -0.1) is 0 Å². The van der Waals surface area contributed by atoms with Crippen molar-refractivity contribution in [2.24, 2.45) is 7.92 Å². The molecule has 0 spiro atoms. The van der Waals surface area contributed by atoms with E-state index in [-0.39, 0.29) is 19.6 Å². The number of H-pyrrole nitrogens is 1. The quantitative estimate of drug-likeness (QED) is 0.714. The number of nitrogens with one attached hydrogen (secondary N) is 2. The van der Waals surface area contributed by atoms with Gasteiger partial charge in [-0.1, -0.05) is 0 Å². The molecule has 1 aromatic carbocycles. The summed E-state index contributed by atoms with van der Waals surface area (Å²) in [4.78, 5) is 0. The number of aromatic amines is 1. The maximum atomic E-state index is 12.0. The molecule has 2 N–H and O–H groups in total. The van der Waals surface area contributed by atoms with Crippen LogP contribution in [0.25, 0.3) is 0 Å². The normalized spacial score (nSPS) is 13.1. The first-order chi connectivity index (χ1) is 8.67. The van der Waals surface area contributed by atoms with Gasteiger partial charge in [0.2, 0.25) is 0 Å². The van der Waals surface area contributed by atoms with Gasteiger partial charge in [0.1, 0.15) is 0 Å². The number of rotatable bonds is 3. The van der Waals surface area contributed by atoms with Gasteiger partial charge >= 0.3 is 108 Å². The second-order valence-electron chi connectivity index (χ2n) is 3.46. The molecule has 18 heavy (non-hydrogen) atoms. The van der Waals surface area contributed by atoms with Crippen LogP contribution in [-0.4, -0.2) is 33.2 Å². The predicted molar refractivity (Wildman–Crippen MR) is 65.8 cm³/mol. The van der Waals surface area contributed by atoms with E-state index >= 15 is 0 Å². The average Bonchev–Trinajstić information content (AvgIpc) is 3.00. The third-order valence-corrected chi connectivity index (χ3v) is 4.73. The monoisotopic (exact) mass is 329 g/mol. The molecule has 7 nitrogen and oxygen atoms in total. The topological polar surface area (TPSA) is 99.6 Å². The van der Waals surface area contributed by atoms with Gasteiger partial charge in [-0.05, 0) is 0 Å². The fourth-order valence-electron chi connectivity index (χ4n) is 1.48. The molecule has 0 saturated carbocycles. The van der Waals surface area contributed by atoms with E-state index in [1.807, 2.05) is 6.07 Å². The molecule has 1 aliphatic rings. The van der Waals surface area contributed by atoms with Crippen molar-refractivity contribution in [3.8, 4) is 0 Å². The molecule has 9 heteroatoms. The summed E-state index contributed by atoms with van der Waals surface area (Å²) in [7, 11) is -3.65. The Labute approximate surface area is 108 Å². The van der Waals surface area contributed by atoms with E-state index in [4.69, 9.17) is 0 Å². The fourth-order valence-corrected chi connectivity index (χ4v) is 3.61. The van der Waals surface area contributed by atoms with Gasteiger partial charge in [0.25, 0.3) is 0 Å². The Morgan fingerprint density at radius 2 is 2.11 bits per heavy atom. The Kier molecular flexibility index (Phi) is 2.66. The molecule has 0 saturated heterocycles. The molecule has 1 aromatic heterocycles. The van der Waals surface area contributed by atoms with Crippen LogP contribution in [0.5, 0.6) is 0 Å². The molecule has 0 aliphatic carbocycles. The summed E-state index contributed by atoms with van der Waals surface area (Å²) >= 11 is -0.197. The van der Waals surface area contributed by atoms with Crippen LogP contribution in [0.3, 0.4) is 0 Å². The van der Waals surface area contributed by atoms with Gasteiger partial charge in [0.05, 0.1) is 0 Å². The summed E-state index contributed by atoms with van der Waals surface area (Å²) in [6.07, 6.45) is 1.38. The molecule has 0 fully saturated rings. The van der Waals surface area contributed by atoms with Gasteiger partial charge in [0.15, 0.2) is 0 Å². The molecular weight excluding hydrogens is 321 g/mol. The molecule has 2 aromatic rings. The molecule has 0 amide bonds. The standard InChI is InChI=1S/C9H7N5O2SSe/c15-17(16,8-4-5-10-11-8)12-6-2-1-3-7-9(6)14-18-13-7/h1-5,12H,(H,10,11). The first kappa shape index (κ1) is 11.4. The minimum absolute atomic E-state index is 0.0144. The molecule has 1 aliphatic heterocycles. The van der Waals surface area contributed by atoms with E-state index in [0.29, 0.717) is 11.4 Å². The Bertz CT molecular complexity index is 762. The predicted octanol–water partition coefficient (Wildman–Crippen LogP) is 1.56. The summed E-state index contributed by atoms with van der Waals surface area (Å²) < 4.78 is 34.9. The summed E-state index contributed by atoms with van der Waals surface area (Å²) in [5, 5.41) is 6.05. The zero-order chi connectivity index (χ0) is 12.6. The first-order valence-corrected chi connectivity index (χ1v) is 7.92. The zero-order valence-electron chi connectivity index (χ0n) is 8.86. The van der Waals surface area contributed by atoms with Crippen LogP contribution in [0.1, 0.15) is 0 Å². The molecule has 0 unspecified atom stereocenters. The van der Waals surface area contributed by atoms with E-state index < -0.39 is 10.0 Å². The van der Waals surface area contributed by atoms with Crippen LogP contribution in [0.4, 0.5) is 17.1 Å². The number of benzene rings is 1. The average molecular weight is 328 g/mol. The number of hydrogen-bond acceptors (Lipinski definition) is 5. The van der Waals surface area contributed by atoms with E-state index in [1.54, 1.807) is 12.1 Å². The van der Waals surface area contributed by atoms with Gasteiger partial charge in [-0.3, -0.25) is 0 Å². The number of aromatic nitrogens is 2. The van der Waals surface area contributed by atoms with Crippen LogP contribution in [-0.2, 0) is 10.0 Å². The van der Waals surface area contributed by atoms with Crippen LogP contribution in [0.2, 0.25) is 0 Å². The number of anilines is 1. The number of fused-ring (bicyclic) bond motifs is 1. The van der Waals surface area contributed by atoms with E-state index in [9.17, 15) is 8.42 Å². The zero-order valence-corrected chi connectivity index (χ0v) is 11.4. The molecule has 0 atom stereocenters. The summed E-state index contributed by atoms with van der Waals surface area (Å²) in [6, 6.07) is 6.59. The van der Waals surface area contributed by atoms with Crippen LogP contribution in [0, 0.1) is 0 Å². The van der Waals surface area contributed by atoms with Gasteiger partial charge in [-0.25, -0.2) is 0 Å². The van der Waals surface area contributed by atoms with Crippen molar-refractivity contribution in [1.29, 1.82) is 0 Å². The minimum atomic E-state index is -3.65. The third kappa shape index (κ3) is 1.92. The van der Waals surface area contributed by atoms with E-state index in [0.717, 1.165) is 5.69 Å². The van der Waals surface area contributed by atoms with Crippen molar-refractivity contribution >= 4 is 41.7 Å². The fraction of sp³-hybridized carbons (Fsp3) is 0. The Hall–Kier alpha value is -1.70. The SMILES string of the molecule is O=S(=O)(Nc1cccc2c1N=[Se]=N2)c1ccn[nH]1. The maximum absolute atomic E-state index is 12.0. The van der Waals surface area contributed by atoms with Gasteiger partial charge in [0, 0.05) is 0 Å². The van der Waals surface area contributed by atoms with Crippen LogP contribution < -0.4 is 4.72 Å². The molecule has 2 heterocycles. The van der Waals surface area contributed by atoms with Crippen molar-refractivity contribution in [3.05, 3.63) is 30.5 Å². The third-order valence-electron chi connectivity index (χ3n) is 2.30. The number of hydrogen-bond donors (Lipinski definition) is 2. The number of sulfonamides is 1. The van der Waals surface area contributed by atoms with Gasteiger partial charge < -0.3 is 0 Å². The molecule has 3 rings (SSSR count). The summed E-state index contributed by atoms with van der Waals surface area (Å²) in [5.74, 6) is 0. The van der Waals surface area contributed by atoms with Crippen LogP contribution in [0.15, 0.2) is 43.4 Å². The molecule has 0 radical (unpaired) electrons. The molecule has 0 bridgehead atoms. The summed E-state index contributed by atoms with van der Waals surface area (Å²) in [6.45, 7) is 0. The number of nitrogens with zero attached hydrogens (tertiary/aromatic N) is 3. The van der Waals surface area contributed by atoms with Crippen molar-refractivity contribution in [2.45, 2.75) is 5.03 Å². The van der Waals surface area contributed by atoms with Crippen molar-refractivity contribution < 1.29 is 8.42 Å². The van der Waals surface area contributed by atoms with E-state index in [2.05, 4.69) is 22.8 Å². The van der Waals surface area contributed by atoms with Crippen molar-refractivity contribution in [2.75, 3.05) is 4.72 Å². The molecule has 92 valence electrons. The van der Waals surface area contributed by atoms with Gasteiger partial charge in [-0.2, -0.15) is 0 Å². The van der Waals surface area contributed by atoms with Crippen LogP contribution >= 0.6 is 0 Å². The van der Waals surface area contributed by atoms with E-state index in [1.165, 1.54) is 12.3 Å². The second kappa shape index (κ2) is 4.20. The second-order valence-corrected chi connectivity index (χ2v) is 6.22. The Morgan fingerprint density at radius 3 is 2.89 bits per heavy atom. The van der Waals surface area contributed by atoms with Crippen molar-refractivity contribution in [3.63, 3.8) is 0 Å².